The molecule has 0 aliphatic carbocycles. The summed E-state index contributed by atoms with van der Waals surface area (Å²) in [6.07, 6.45) is 1.94. The molecule has 2 rings (SSSR count). The van der Waals surface area contributed by atoms with Crippen LogP contribution in [0.4, 0.5) is 5.69 Å². The highest BCUT2D eigenvalue weighted by atomic mass is 35.5. The van der Waals surface area contributed by atoms with E-state index in [-0.39, 0.29) is 5.78 Å². The molecule has 0 saturated heterocycles. The molecule has 4 heteroatoms. The molecule has 0 bridgehead atoms. The van der Waals surface area contributed by atoms with Crippen molar-refractivity contribution in [2.24, 2.45) is 0 Å². The summed E-state index contributed by atoms with van der Waals surface area (Å²) in [5.41, 5.74) is 2.46. The van der Waals surface area contributed by atoms with Crippen LogP contribution in [0.25, 0.3) is 0 Å². The van der Waals surface area contributed by atoms with Crippen LogP contribution in [0.3, 0.4) is 0 Å². The molecule has 1 aromatic rings. The Hall–Kier alpha value is -1.22. The fourth-order valence-electron chi connectivity index (χ4n) is 2.52. The molecule has 1 atom stereocenters. The van der Waals surface area contributed by atoms with Crippen molar-refractivity contribution in [1.82, 2.24) is 0 Å². The van der Waals surface area contributed by atoms with Crippen molar-refractivity contribution < 1.29 is 9.53 Å². The summed E-state index contributed by atoms with van der Waals surface area (Å²) in [5, 5.41) is 3.59. The normalized spacial score (nSPS) is 17.9. The first-order valence-corrected chi connectivity index (χ1v) is 6.65. The zero-order valence-electron chi connectivity index (χ0n) is 11.0. The standard InChI is InChI=1S/C14H18ClNO2/c1-4-9-5-6-18-14-12(9)10(8(2)17)7-11(16-3)13(14)15/h7,9,16H,4-6H2,1-3H3. The van der Waals surface area contributed by atoms with Crippen LogP contribution in [0.2, 0.25) is 5.02 Å². The first kappa shape index (κ1) is 13.2. The summed E-state index contributed by atoms with van der Waals surface area (Å²) < 4.78 is 5.70. The molecule has 0 spiro atoms. The molecule has 1 aromatic carbocycles. The van der Waals surface area contributed by atoms with Crippen LogP contribution < -0.4 is 10.1 Å². The number of nitrogens with one attached hydrogen (secondary N) is 1. The highest BCUT2D eigenvalue weighted by Crippen LogP contribution is 2.45. The Kier molecular flexibility index (Phi) is 3.81. The van der Waals surface area contributed by atoms with Gasteiger partial charge in [-0.15, -0.1) is 0 Å². The van der Waals surface area contributed by atoms with Gasteiger partial charge in [0, 0.05) is 18.2 Å². The molecular formula is C14H18ClNO2. The number of rotatable bonds is 3. The van der Waals surface area contributed by atoms with Crippen LogP contribution in [0.5, 0.6) is 5.75 Å². The van der Waals surface area contributed by atoms with E-state index in [1.807, 2.05) is 6.07 Å². The van der Waals surface area contributed by atoms with Gasteiger partial charge in [-0.05, 0) is 31.7 Å². The van der Waals surface area contributed by atoms with Gasteiger partial charge in [-0.1, -0.05) is 18.5 Å². The van der Waals surface area contributed by atoms with Crippen LogP contribution in [0, 0.1) is 0 Å². The third-order valence-electron chi connectivity index (χ3n) is 3.52. The molecule has 0 aromatic heterocycles. The van der Waals surface area contributed by atoms with E-state index >= 15 is 0 Å². The molecule has 3 nitrogen and oxygen atoms in total. The van der Waals surface area contributed by atoms with Crippen molar-refractivity contribution in [1.29, 1.82) is 0 Å². The number of benzene rings is 1. The minimum absolute atomic E-state index is 0.0587. The Morgan fingerprint density at radius 2 is 2.33 bits per heavy atom. The van der Waals surface area contributed by atoms with Crippen LogP contribution in [0.1, 0.15) is 48.5 Å². The zero-order valence-corrected chi connectivity index (χ0v) is 11.7. The number of ether oxygens (including phenoxy) is 1. The van der Waals surface area contributed by atoms with Gasteiger partial charge in [0.15, 0.2) is 5.78 Å². The largest absolute Gasteiger partial charge is 0.492 e. The summed E-state index contributed by atoms with van der Waals surface area (Å²) in [7, 11) is 1.79. The van der Waals surface area contributed by atoms with Gasteiger partial charge in [0.2, 0.25) is 0 Å². The molecule has 1 N–H and O–H groups in total. The average molecular weight is 268 g/mol. The number of hydrogen-bond donors (Lipinski definition) is 1. The Morgan fingerprint density at radius 1 is 1.61 bits per heavy atom. The second-order valence-corrected chi connectivity index (χ2v) is 4.95. The number of fused-ring (bicyclic) bond motifs is 1. The highest BCUT2D eigenvalue weighted by molar-refractivity contribution is 6.35. The lowest BCUT2D eigenvalue weighted by molar-refractivity contribution is 0.101. The van der Waals surface area contributed by atoms with Crippen molar-refractivity contribution in [3.63, 3.8) is 0 Å². The highest BCUT2D eigenvalue weighted by Gasteiger charge is 2.28. The predicted molar refractivity (Wildman–Crippen MR) is 74.1 cm³/mol. The van der Waals surface area contributed by atoms with Crippen molar-refractivity contribution in [3.8, 4) is 5.75 Å². The lowest BCUT2D eigenvalue weighted by Crippen LogP contribution is -2.18. The molecule has 1 heterocycles. The quantitative estimate of drug-likeness (QED) is 0.845. The topological polar surface area (TPSA) is 38.3 Å². The van der Waals surface area contributed by atoms with E-state index in [1.165, 1.54) is 0 Å². The lowest BCUT2D eigenvalue weighted by atomic mass is 9.86. The second kappa shape index (κ2) is 5.19. The van der Waals surface area contributed by atoms with Crippen molar-refractivity contribution in [2.75, 3.05) is 19.0 Å². The molecule has 0 fully saturated rings. The Bertz CT molecular complexity index is 485. The maximum absolute atomic E-state index is 11.8. The number of anilines is 1. The smallest absolute Gasteiger partial charge is 0.160 e. The van der Waals surface area contributed by atoms with Gasteiger partial charge < -0.3 is 10.1 Å². The zero-order chi connectivity index (χ0) is 13.3. The molecule has 1 aliphatic heterocycles. The average Bonchev–Trinajstić information content (AvgIpc) is 2.38. The van der Waals surface area contributed by atoms with E-state index in [9.17, 15) is 4.79 Å². The van der Waals surface area contributed by atoms with Gasteiger partial charge in [-0.3, -0.25) is 4.79 Å². The third kappa shape index (κ3) is 2.07. The van der Waals surface area contributed by atoms with Gasteiger partial charge in [0.25, 0.3) is 0 Å². The molecule has 0 amide bonds. The van der Waals surface area contributed by atoms with Crippen LogP contribution in [-0.2, 0) is 0 Å². The monoisotopic (exact) mass is 267 g/mol. The van der Waals surface area contributed by atoms with E-state index in [0.717, 1.165) is 29.7 Å². The summed E-state index contributed by atoms with van der Waals surface area (Å²) in [4.78, 5) is 11.8. The molecule has 98 valence electrons. The minimum atomic E-state index is 0.0587. The fraction of sp³-hybridized carbons (Fsp3) is 0.500. The van der Waals surface area contributed by atoms with Gasteiger partial charge >= 0.3 is 0 Å². The SMILES string of the molecule is CCC1CCOc2c(Cl)c(NC)cc(C(C)=O)c21. The molecule has 18 heavy (non-hydrogen) atoms. The van der Waals surface area contributed by atoms with E-state index < -0.39 is 0 Å². The third-order valence-corrected chi connectivity index (χ3v) is 3.90. The number of hydrogen-bond acceptors (Lipinski definition) is 3. The lowest BCUT2D eigenvalue weighted by Gasteiger charge is -2.28. The molecule has 1 aliphatic rings. The number of carbonyl (C=O) groups is 1. The van der Waals surface area contributed by atoms with Crippen LogP contribution in [0.15, 0.2) is 6.07 Å². The molecule has 0 radical (unpaired) electrons. The van der Waals surface area contributed by atoms with Gasteiger partial charge in [-0.25, -0.2) is 0 Å². The van der Waals surface area contributed by atoms with Gasteiger partial charge in [0.1, 0.15) is 10.8 Å². The van der Waals surface area contributed by atoms with Crippen molar-refractivity contribution in [3.05, 3.63) is 22.2 Å². The number of halogens is 1. The number of ketones is 1. The maximum Gasteiger partial charge on any atom is 0.160 e. The Balaban J connectivity index is 2.70. The Labute approximate surface area is 112 Å². The minimum Gasteiger partial charge on any atom is -0.492 e. The first-order chi connectivity index (χ1) is 8.60. The predicted octanol–water partition coefficient (Wildman–Crippen LogP) is 3.86. The maximum atomic E-state index is 11.8. The second-order valence-electron chi connectivity index (χ2n) is 4.58. The summed E-state index contributed by atoms with van der Waals surface area (Å²) in [6.45, 7) is 4.38. The van der Waals surface area contributed by atoms with Crippen molar-refractivity contribution in [2.45, 2.75) is 32.6 Å². The molecular weight excluding hydrogens is 250 g/mol. The number of carbonyl (C=O) groups excluding carboxylic acids is 1. The Morgan fingerprint density at radius 3 is 2.89 bits per heavy atom. The van der Waals surface area contributed by atoms with Gasteiger partial charge in [-0.2, -0.15) is 0 Å². The first-order valence-electron chi connectivity index (χ1n) is 6.28. The summed E-state index contributed by atoms with van der Waals surface area (Å²) >= 11 is 6.33. The summed E-state index contributed by atoms with van der Waals surface area (Å²) in [5.74, 6) is 1.10. The van der Waals surface area contributed by atoms with E-state index in [2.05, 4.69) is 12.2 Å². The van der Waals surface area contributed by atoms with Gasteiger partial charge in [0.05, 0.1) is 12.3 Å². The number of Topliss-reactive ketones (excluding diaryl/α,β-unsaturated/α-hetero) is 1. The van der Waals surface area contributed by atoms with Crippen LogP contribution in [-0.4, -0.2) is 19.4 Å². The van der Waals surface area contributed by atoms with E-state index in [1.54, 1.807) is 14.0 Å². The van der Waals surface area contributed by atoms with E-state index in [4.69, 9.17) is 16.3 Å². The fourth-order valence-corrected chi connectivity index (χ4v) is 2.83. The molecule has 0 saturated carbocycles. The van der Waals surface area contributed by atoms with Crippen molar-refractivity contribution >= 4 is 23.1 Å². The summed E-state index contributed by atoms with van der Waals surface area (Å²) in [6, 6.07) is 1.83. The van der Waals surface area contributed by atoms with E-state index in [0.29, 0.717) is 23.3 Å². The molecule has 1 unspecified atom stereocenters. The van der Waals surface area contributed by atoms with Crippen LogP contribution >= 0.6 is 11.6 Å².